The molecule has 154 valence electrons. The van der Waals surface area contributed by atoms with Crippen molar-refractivity contribution in [2.45, 2.75) is 56.9 Å². The van der Waals surface area contributed by atoms with Gasteiger partial charge in [-0.15, -0.1) is 0 Å². The highest BCUT2D eigenvalue weighted by Crippen LogP contribution is 2.28. The lowest BCUT2D eigenvalue weighted by Crippen LogP contribution is -2.42. The summed E-state index contributed by atoms with van der Waals surface area (Å²) >= 11 is 1.96. The number of nitrogens with zero attached hydrogens (tertiary/aromatic N) is 2. The first-order valence-corrected chi connectivity index (χ1v) is 11.7. The Morgan fingerprint density at radius 3 is 2.82 bits per heavy atom. The van der Waals surface area contributed by atoms with Gasteiger partial charge in [0.2, 0.25) is 0 Å². The zero-order chi connectivity index (χ0) is 19.8. The molecule has 1 saturated heterocycles. The zero-order valence-electron chi connectivity index (χ0n) is 17.0. The van der Waals surface area contributed by atoms with Crippen LogP contribution in [0.1, 0.15) is 44.6 Å². The third-order valence-electron chi connectivity index (χ3n) is 5.39. The Bertz CT molecular complexity index is 675. The number of likely N-dealkylation sites (tertiary alicyclic amines) is 1. The van der Waals surface area contributed by atoms with E-state index in [0.29, 0.717) is 12.6 Å². The number of hydrogen-bond donors (Lipinski definition) is 3. The number of anilines is 1. The van der Waals surface area contributed by atoms with Gasteiger partial charge in [-0.3, -0.25) is 0 Å². The van der Waals surface area contributed by atoms with Gasteiger partial charge in [-0.1, -0.05) is 12.1 Å². The molecule has 1 aromatic carbocycles. The Hall–Kier alpha value is -1.89. The van der Waals surface area contributed by atoms with Gasteiger partial charge in [0.05, 0.1) is 6.54 Å². The van der Waals surface area contributed by atoms with Gasteiger partial charge >= 0.3 is 6.03 Å². The van der Waals surface area contributed by atoms with Crippen LogP contribution in [0, 0.1) is 0 Å². The number of amides is 2. The third kappa shape index (κ3) is 6.06. The maximum atomic E-state index is 12.3. The van der Waals surface area contributed by atoms with E-state index in [1.807, 2.05) is 34.9 Å². The molecule has 0 bridgehead atoms. The standard InChI is InChI=1S/C21H33N5OS/c1-3-22-20(24-18-9-10-19(14-18)28-2)23-15-16-7-6-8-17(13-16)25-21(27)26-11-4-5-12-26/h6-8,13,18-19H,3-5,9-12,14-15H2,1-2H3,(H,25,27)(H2,22,23,24). The Kier molecular flexibility index (Phi) is 7.89. The number of carbonyl (C=O) groups excluding carboxylic acids is 1. The number of urea groups is 1. The zero-order valence-corrected chi connectivity index (χ0v) is 17.9. The molecule has 2 fully saturated rings. The van der Waals surface area contributed by atoms with Crippen LogP contribution >= 0.6 is 11.8 Å². The Balaban J connectivity index is 1.56. The lowest BCUT2D eigenvalue weighted by molar-refractivity contribution is 0.222. The summed E-state index contributed by atoms with van der Waals surface area (Å²) in [5, 5.41) is 10.7. The molecule has 0 spiro atoms. The molecule has 6 nitrogen and oxygen atoms in total. The largest absolute Gasteiger partial charge is 0.357 e. The fourth-order valence-electron chi connectivity index (χ4n) is 3.84. The molecule has 3 N–H and O–H groups in total. The summed E-state index contributed by atoms with van der Waals surface area (Å²) in [4.78, 5) is 18.9. The van der Waals surface area contributed by atoms with Crippen LogP contribution in [0.4, 0.5) is 10.5 Å². The van der Waals surface area contributed by atoms with Crippen LogP contribution in [0.25, 0.3) is 0 Å². The van der Waals surface area contributed by atoms with Crippen molar-refractivity contribution in [3.05, 3.63) is 29.8 Å². The highest BCUT2D eigenvalue weighted by Gasteiger charge is 2.24. The van der Waals surface area contributed by atoms with Crippen molar-refractivity contribution in [3.63, 3.8) is 0 Å². The van der Waals surface area contributed by atoms with Crippen LogP contribution in [-0.4, -0.2) is 54.1 Å². The van der Waals surface area contributed by atoms with E-state index >= 15 is 0 Å². The van der Waals surface area contributed by atoms with Crippen molar-refractivity contribution >= 4 is 29.4 Å². The van der Waals surface area contributed by atoms with Crippen molar-refractivity contribution < 1.29 is 4.79 Å². The van der Waals surface area contributed by atoms with Gasteiger partial charge in [-0.05, 0) is 63.0 Å². The number of guanidine groups is 1. The van der Waals surface area contributed by atoms with E-state index in [4.69, 9.17) is 4.99 Å². The first-order valence-electron chi connectivity index (χ1n) is 10.4. The van der Waals surface area contributed by atoms with E-state index in [1.165, 1.54) is 19.3 Å². The summed E-state index contributed by atoms with van der Waals surface area (Å²) in [6.45, 7) is 5.22. The summed E-state index contributed by atoms with van der Waals surface area (Å²) in [6, 6.07) is 8.48. The quantitative estimate of drug-likeness (QED) is 0.501. The highest BCUT2D eigenvalue weighted by molar-refractivity contribution is 7.99. The average Bonchev–Trinajstić information content (AvgIpc) is 3.38. The molecule has 2 amide bonds. The number of benzene rings is 1. The molecule has 7 heteroatoms. The number of nitrogens with one attached hydrogen (secondary N) is 3. The topological polar surface area (TPSA) is 68.8 Å². The summed E-state index contributed by atoms with van der Waals surface area (Å²) < 4.78 is 0. The van der Waals surface area contributed by atoms with E-state index in [1.54, 1.807) is 0 Å². The van der Waals surface area contributed by atoms with Crippen molar-refractivity contribution in [3.8, 4) is 0 Å². The maximum Gasteiger partial charge on any atom is 0.321 e. The van der Waals surface area contributed by atoms with Crippen molar-refractivity contribution in [2.24, 2.45) is 4.99 Å². The smallest absolute Gasteiger partial charge is 0.321 e. The van der Waals surface area contributed by atoms with Crippen LogP contribution in [0.3, 0.4) is 0 Å². The lowest BCUT2D eigenvalue weighted by Gasteiger charge is -2.17. The van der Waals surface area contributed by atoms with Gasteiger partial charge in [-0.2, -0.15) is 11.8 Å². The lowest BCUT2D eigenvalue weighted by atomic mass is 10.2. The molecule has 3 rings (SSSR count). The Morgan fingerprint density at radius 2 is 2.11 bits per heavy atom. The second-order valence-electron chi connectivity index (χ2n) is 7.53. The SMILES string of the molecule is CCNC(=NCc1cccc(NC(=O)N2CCCC2)c1)NC1CCC(SC)C1. The minimum Gasteiger partial charge on any atom is -0.357 e. The predicted octanol–water partition coefficient (Wildman–Crippen LogP) is 3.65. The molecule has 2 unspecified atom stereocenters. The molecule has 1 aromatic rings. The van der Waals surface area contributed by atoms with E-state index < -0.39 is 0 Å². The fourth-order valence-corrected chi connectivity index (χ4v) is 4.64. The van der Waals surface area contributed by atoms with Crippen LogP contribution in [0.15, 0.2) is 29.3 Å². The Morgan fingerprint density at radius 1 is 1.29 bits per heavy atom. The highest BCUT2D eigenvalue weighted by atomic mass is 32.2. The van der Waals surface area contributed by atoms with Gasteiger partial charge < -0.3 is 20.9 Å². The van der Waals surface area contributed by atoms with Crippen LogP contribution < -0.4 is 16.0 Å². The first kappa shape index (κ1) is 20.8. The van der Waals surface area contributed by atoms with Crippen LogP contribution in [0.5, 0.6) is 0 Å². The summed E-state index contributed by atoms with van der Waals surface area (Å²) in [6.07, 6.45) is 8.07. The van der Waals surface area contributed by atoms with E-state index in [9.17, 15) is 4.79 Å². The van der Waals surface area contributed by atoms with Crippen molar-refractivity contribution in [1.29, 1.82) is 0 Å². The van der Waals surface area contributed by atoms with Crippen molar-refractivity contribution in [1.82, 2.24) is 15.5 Å². The Labute approximate surface area is 172 Å². The molecule has 1 saturated carbocycles. The molecule has 2 aliphatic rings. The van der Waals surface area contributed by atoms with Gasteiger partial charge in [0.25, 0.3) is 0 Å². The van der Waals surface area contributed by atoms with Gasteiger partial charge in [0.15, 0.2) is 5.96 Å². The molecular formula is C21H33N5OS. The van der Waals surface area contributed by atoms with Gasteiger partial charge in [0.1, 0.15) is 0 Å². The van der Waals surface area contributed by atoms with E-state index in [0.717, 1.165) is 54.9 Å². The molecule has 2 atom stereocenters. The first-order chi connectivity index (χ1) is 13.7. The third-order valence-corrected chi connectivity index (χ3v) is 6.49. The van der Waals surface area contributed by atoms with E-state index in [-0.39, 0.29) is 6.03 Å². The summed E-state index contributed by atoms with van der Waals surface area (Å²) in [5.74, 6) is 0.876. The summed E-state index contributed by atoms with van der Waals surface area (Å²) in [7, 11) is 0. The minimum absolute atomic E-state index is 0.00209. The molecule has 28 heavy (non-hydrogen) atoms. The minimum atomic E-state index is -0.00209. The van der Waals surface area contributed by atoms with Crippen LogP contribution in [0.2, 0.25) is 0 Å². The second kappa shape index (κ2) is 10.6. The molecular weight excluding hydrogens is 370 g/mol. The maximum absolute atomic E-state index is 12.3. The average molecular weight is 404 g/mol. The number of carbonyl (C=O) groups is 1. The number of hydrogen-bond acceptors (Lipinski definition) is 3. The van der Waals surface area contributed by atoms with Gasteiger partial charge in [0, 0.05) is 36.6 Å². The molecule has 0 radical (unpaired) electrons. The molecule has 1 aliphatic heterocycles. The molecule has 0 aromatic heterocycles. The molecule has 1 aliphatic carbocycles. The summed E-state index contributed by atoms with van der Waals surface area (Å²) in [5.41, 5.74) is 1.92. The second-order valence-corrected chi connectivity index (χ2v) is 8.67. The van der Waals surface area contributed by atoms with E-state index in [2.05, 4.69) is 35.2 Å². The van der Waals surface area contributed by atoms with Crippen molar-refractivity contribution in [2.75, 3.05) is 31.2 Å². The monoisotopic (exact) mass is 403 g/mol. The fraction of sp³-hybridized carbons (Fsp3) is 0.619. The normalized spacial score (nSPS) is 22.4. The predicted molar refractivity (Wildman–Crippen MR) is 119 cm³/mol. The number of rotatable bonds is 6. The number of aliphatic imine (C=N–C) groups is 1. The van der Waals surface area contributed by atoms with Crippen LogP contribution in [-0.2, 0) is 6.54 Å². The molecule has 1 heterocycles. The number of thioether (sulfide) groups is 1. The van der Waals surface area contributed by atoms with Gasteiger partial charge in [-0.25, -0.2) is 9.79 Å².